The van der Waals surface area contributed by atoms with Gasteiger partial charge in [-0.25, -0.2) is 17.6 Å². The van der Waals surface area contributed by atoms with Crippen molar-refractivity contribution in [3.63, 3.8) is 0 Å². The molecule has 0 fully saturated rings. The van der Waals surface area contributed by atoms with Crippen LogP contribution in [0.2, 0.25) is 0 Å². The van der Waals surface area contributed by atoms with Gasteiger partial charge in [0.2, 0.25) is 0 Å². The first-order valence-corrected chi connectivity index (χ1v) is 4.89. The number of rotatable bonds is 1. The Hall–Kier alpha value is -1.84. The van der Waals surface area contributed by atoms with Crippen LogP contribution in [0.4, 0.5) is 17.6 Å². The van der Waals surface area contributed by atoms with Gasteiger partial charge in [-0.2, -0.15) is 0 Å². The maximum atomic E-state index is 13.6. The second-order valence-corrected chi connectivity index (χ2v) is 3.76. The molecule has 17 heavy (non-hydrogen) atoms. The normalized spacial score (nSPS) is 10.6. The molecule has 0 radical (unpaired) electrons. The van der Waals surface area contributed by atoms with E-state index in [2.05, 4.69) is 0 Å². The first-order valence-electron chi connectivity index (χ1n) is 4.89. The standard InChI is InChI=1S/C13H8F4/c1-7-2-11(16)13(12(17)3-7)8-4-9(14)6-10(15)5-8/h2-6H,1H3. The van der Waals surface area contributed by atoms with E-state index in [-0.39, 0.29) is 5.56 Å². The Balaban J connectivity index is 2.68. The third-order valence-electron chi connectivity index (χ3n) is 2.34. The Kier molecular flexibility index (Phi) is 2.88. The zero-order valence-corrected chi connectivity index (χ0v) is 8.90. The minimum absolute atomic E-state index is 0.155. The van der Waals surface area contributed by atoms with Crippen molar-refractivity contribution in [1.82, 2.24) is 0 Å². The van der Waals surface area contributed by atoms with Crippen LogP contribution in [0.25, 0.3) is 11.1 Å². The van der Waals surface area contributed by atoms with E-state index in [4.69, 9.17) is 0 Å². The molecule has 88 valence electrons. The van der Waals surface area contributed by atoms with E-state index in [0.717, 1.165) is 24.3 Å². The van der Waals surface area contributed by atoms with Gasteiger partial charge in [0.15, 0.2) is 0 Å². The molecule has 0 aliphatic rings. The molecule has 4 heteroatoms. The Labute approximate surface area is 95.5 Å². The second kappa shape index (κ2) is 4.20. The summed E-state index contributed by atoms with van der Waals surface area (Å²) < 4.78 is 53.1. The molecule has 0 atom stereocenters. The van der Waals surface area contributed by atoms with Crippen LogP contribution in [0, 0.1) is 30.2 Å². The highest BCUT2D eigenvalue weighted by Gasteiger charge is 2.14. The summed E-state index contributed by atoms with van der Waals surface area (Å²) in [4.78, 5) is 0. The molecule has 2 rings (SSSR count). The van der Waals surface area contributed by atoms with Crippen molar-refractivity contribution < 1.29 is 17.6 Å². The van der Waals surface area contributed by atoms with Gasteiger partial charge in [-0.1, -0.05) is 0 Å². The van der Waals surface area contributed by atoms with E-state index in [9.17, 15) is 17.6 Å². The molecule has 0 N–H and O–H groups in total. The number of aryl methyl sites for hydroxylation is 1. The molecule has 2 aromatic carbocycles. The van der Waals surface area contributed by atoms with Gasteiger partial charge < -0.3 is 0 Å². The molecule has 0 aromatic heterocycles. The summed E-state index contributed by atoms with van der Waals surface area (Å²) in [6.07, 6.45) is 0. The maximum absolute atomic E-state index is 13.6. The molecule has 0 amide bonds. The third-order valence-corrected chi connectivity index (χ3v) is 2.34. The Bertz CT molecular complexity index is 532. The van der Waals surface area contributed by atoms with Gasteiger partial charge in [-0.3, -0.25) is 0 Å². The molecule has 0 heterocycles. The van der Waals surface area contributed by atoms with Gasteiger partial charge in [0.1, 0.15) is 23.3 Å². The summed E-state index contributed by atoms with van der Waals surface area (Å²) in [5, 5.41) is 0. The number of hydrogen-bond donors (Lipinski definition) is 0. The fourth-order valence-electron chi connectivity index (χ4n) is 1.67. The molecule has 0 unspecified atom stereocenters. The number of halogens is 4. The van der Waals surface area contributed by atoms with Crippen molar-refractivity contribution in [1.29, 1.82) is 0 Å². The van der Waals surface area contributed by atoms with Gasteiger partial charge in [-0.05, 0) is 42.3 Å². The van der Waals surface area contributed by atoms with Crippen molar-refractivity contribution >= 4 is 0 Å². The van der Waals surface area contributed by atoms with Crippen LogP contribution in [0.1, 0.15) is 5.56 Å². The smallest absolute Gasteiger partial charge is 0.134 e. The minimum atomic E-state index is -0.876. The Morgan fingerprint density at radius 1 is 0.706 bits per heavy atom. The van der Waals surface area contributed by atoms with Crippen LogP contribution >= 0.6 is 0 Å². The van der Waals surface area contributed by atoms with Crippen LogP contribution in [0.5, 0.6) is 0 Å². The van der Waals surface area contributed by atoms with Crippen molar-refractivity contribution in [3.8, 4) is 11.1 Å². The highest BCUT2D eigenvalue weighted by Crippen LogP contribution is 2.28. The number of hydrogen-bond acceptors (Lipinski definition) is 0. The molecular formula is C13H8F4. The zero-order valence-electron chi connectivity index (χ0n) is 8.90. The summed E-state index contributed by atoms with van der Waals surface area (Å²) in [5.41, 5.74) is -0.174. The summed E-state index contributed by atoms with van der Waals surface area (Å²) in [7, 11) is 0. The van der Waals surface area contributed by atoms with Crippen molar-refractivity contribution in [2.45, 2.75) is 6.92 Å². The van der Waals surface area contributed by atoms with Crippen LogP contribution in [0.3, 0.4) is 0 Å². The quantitative estimate of drug-likeness (QED) is 0.655. The van der Waals surface area contributed by atoms with Crippen molar-refractivity contribution in [2.75, 3.05) is 0 Å². The summed E-state index contributed by atoms with van der Waals surface area (Å²) in [6.45, 7) is 1.53. The van der Waals surface area contributed by atoms with Crippen molar-refractivity contribution in [3.05, 3.63) is 59.2 Å². The molecule has 0 saturated carbocycles. The van der Waals surface area contributed by atoms with E-state index in [0.29, 0.717) is 11.6 Å². The lowest BCUT2D eigenvalue weighted by Crippen LogP contribution is -1.93. The Morgan fingerprint density at radius 3 is 1.65 bits per heavy atom. The molecule has 0 aliphatic heterocycles. The summed E-state index contributed by atoms with van der Waals surface area (Å²) >= 11 is 0. The highest BCUT2D eigenvalue weighted by molar-refractivity contribution is 5.65. The van der Waals surface area contributed by atoms with Crippen LogP contribution in [0.15, 0.2) is 30.3 Å². The maximum Gasteiger partial charge on any atom is 0.134 e. The predicted octanol–water partition coefficient (Wildman–Crippen LogP) is 4.22. The molecule has 0 spiro atoms. The molecule has 2 aromatic rings. The second-order valence-electron chi connectivity index (χ2n) is 3.76. The summed E-state index contributed by atoms with van der Waals surface area (Å²) in [5.74, 6) is -3.43. The summed E-state index contributed by atoms with van der Waals surface area (Å²) in [6, 6.07) is 4.65. The zero-order chi connectivity index (χ0) is 12.6. The highest BCUT2D eigenvalue weighted by atomic mass is 19.1. The fraction of sp³-hybridized carbons (Fsp3) is 0.0769. The van der Waals surface area contributed by atoms with E-state index in [1.54, 1.807) is 0 Å². The molecule has 0 nitrogen and oxygen atoms in total. The average Bonchev–Trinajstić information content (AvgIpc) is 2.13. The lowest BCUT2D eigenvalue weighted by atomic mass is 10.0. The number of benzene rings is 2. The average molecular weight is 240 g/mol. The largest absolute Gasteiger partial charge is 0.207 e. The predicted molar refractivity (Wildman–Crippen MR) is 56.4 cm³/mol. The van der Waals surface area contributed by atoms with Gasteiger partial charge in [-0.15, -0.1) is 0 Å². The minimum Gasteiger partial charge on any atom is -0.207 e. The van der Waals surface area contributed by atoms with Crippen LogP contribution < -0.4 is 0 Å². The first-order chi connectivity index (χ1) is 7.97. The van der Waals surface area contributed by atoms with Gasteiger partial charge in [0, 0.05) is 6.07 Å². The van der Waals surface area contributed by atoms with E-state index in [1.807, 2.05) is 0 Å². The SMILES string of the molecule is Cc1cc(F)c(-c2cc(F)cc(F)c2)c(F)c1. The van der Waals surface area contributed by atoms with Crippen LogP contribution in [-0.4, -0.2) is 0 Å². The third kappa shape index (κ3) is 2.30. The van der Waals surface area contributed by atoms with E-state index >= 15 is 0 Å². The first kappa shape index (κ1) is 11.6. The monoisotopic (exact) mass is 240 g/mol. The van der Waals surface area contributed by atoms with E-state index < -0.39 is 28.8 Å². The van der Waals surface area contributed by atoms with E-state index in [1.165, 1.54) is 6.92 Å². The van der Waals surface area contributed by atoms with Gasteiger partial charge in [0.05, 0.1) is 5.56 Å². The van der Waals surface area contributed by atoms with Gasteiger partial charge >= 0.3 is 0 Å². The molecule has 0 aliphatic carbocycles. The Morgan fingerprint density at radius 2 is 1.18 bits per heavy atom. The lowest BCUT2D eigenvalue weighted by molar-refractivity contribution is 0.577. The molecule has 0 saturated heterocycles. The lowest BCUT2D eigenvalue weighted by Gasteiger charge is -2.07. The van der Waals surface area contributed by atoms with Crippen LogP contribution in [-0.2, 0) is 0 Å². The molecular weight excluding hydrogens is 232 g/mol. The van der Waals surface area contributed by atoms with Gasteiger partial charge in [0.25, 0.3) is 0 Å². The topological polar surface area (TPSA) is 0 Å². The fourth-order valence-corrected chi connectivity index (χ4v) is 1.67. The van der Waals surface area contributed by atoms with Crippen molar-refractivity contribution in [2.24, 2.45) is 0 Å². The molecule has 0 bridgehead atoms.